The minimum absolute atomic E-state index is 0.0598. The molecule has 1 aromatic heterocycles. The predicted molar refractivity (Wildman–Crippen MR) is 112 cm³/mol. The van der Waals surface area contributed by atoms with Gasteiger partial charge in [0.25, 0.3) is 5.91 Å². The Morgan fingerprint density at radius 2 is 1.79 bits per heavy atom. The van der Waals surface area contributed by atoms with Gasteiger partial charge in [0.05, 0.1) is 10.9 Å². The van der Waals surface area contributed by atoms with E-state index in [0.717, 1.165) is 25.1 Å². The van der Waals surface area contributed by atoms with Crippen molar-refractivity contribution in [1.29, 1.82) is 0 Å². The van der Waals surface area contributed by atoms with Gasteiger partial charge < -0.3 is 9.32 Å². The topological polar surface area (TPSA) is 50.5 Å². The van der Waals surface area contributed by atoms with Crippen LogP contribution in [-0.2, 0) is 0 Å². The maximum Gasteiger partial charge on any atom is 0.257 e. The van der Waals surface area contributed by atoms with Crippen molar-refractivity contribution in [3.63, 3.8) is 0 Å². The monoisotopic (exact) mass is 375 g/mol. The van der Waals surface area contributed by atoms with Gasteiger partial charge in [-0.2, -0.15) is 0 Å². The number of hydrogen-bond acceptors (Lipinski definition) is 3. The number of para-hydroxylation sites is 1. The van der Waals surface area contributed by atoms with Crippen LogP contribution in [0.15, 0.2) is 57.7 Å². The molecule has 2 aromatic carbocycles. The van der Waals surface area contributed by atoms with E-state index in [4.69, 9.17) is 4.42 Å². The van der Waals surface area contributed by atoms with E-state index in [1.807, 2.05) is 35.2 Å². The van der Waals surface area contributed by atoms with Gasteiger partial charge in [0.1, 0.15) is 5.76 Å². The molecule has 4 rings (SSSR count). The Morgan fingerprint density at radius 1 is 1.04 bits per heavy atom. The average Bonchev–Trinajstić information content (AvgIpc) is 2.72. The third kappa shape index (κ3) is 3.13. The van der Waals surface area contributed by atoms with E-state index >= 15 is 0 Å². The second kappa shape index (κ2) is 7.27. The zero-order valence-corrected chi connectivity index (χ0v) is 16.6. The van der Waals surface area contributed by atoms with Gasteiger partial charge >= 0.3 is 0 Å². The molecule has 1 fully saturated rings. The van der Waals surface area contributed by atoms with Crippen LogP contribution in [0, 0.1) is 18.8 Å². The quantitative estimate of drug-likeness (QED) is 0.641. The summed E-state index contributed by atoms with van der Waals surface area (Å²) in [6.07, 6.45) is 0.996. The second-order valence-corrected chi connectivity index (χ2v) is 7.93. The Kier molecular flexibility index (Phi) is 4.80. The lowest BCUT2D eigenvalue weighted by molar-refractivity contribution is 0.0628. The van der Waals surface area contributed by atoms with Crippen LogP contribution in [0.1, 0.15) is 36.2 Å². The zero-order chi connectivity index (χ0) is 19.8. The van der Waals surface area contributed by atoms with Crippen LogP contribution in [0.5, 0.6) is 0 Å². The van der Waals surface area contributed by atoms with Gasteiger partial charge in [-0.15, -0.1) is 0 Å². The predicted octanol–water partition coefficient (Wildman–Crippen LogP) is 4.89. The minimum Gasteiger partial charge on any atom is -0.455 e. The molecule has 1 saturated heterocycles. The molecule has 0 bridgehead atoms. The lowest BCUT2D eigenvalue weighted by atomic mass is 9.88. The van der Waals surface area contributed by atoms with E-state index in [1.165, 1.54) is 0 Å². The summed E-state index contributed by atoms with van der Waals surface area (Å²) in [5.41, 5.74) is 2.16. The summed E-state index contributed by atoms with van der Waals surface area (Å²) in [4.78, 5) is 28.1. The standard InChI is InChI=1S/C24H25NO3/c1-15-12-13-25(14-16(15)2)24(27)20-11-7-10-19-21(26)17(3)22(28-23(19)20)18-8-5-4-6-9-18/h4-11,15-16H,12-14H2,1-3H3. The number of rotatable bonds is 2. The van der Waals surface area contributed by atoms with E-state index in [0.29, 0.717) is 39.7 Å². The van der Waals surface area contributed by atoms with Gasteiger partial charge in [0, 0.05) is 24.2 Å². The van der Waals surface area contributed by atoms with Crippen molar-refractivity contribution < 1.29 is 9.21 Å². The number of benzene rings is 2. The number of nitrogens with zero attached hydrogens (tertiary/aromatic N) is 1. The molecule has 0 N–H and O–H groups in total. The number of piperidine rings is 1. The van der Waals surface area contributed by atoms with E-state index in [2.05, 4.69) is 13.8 Å². The number of likely N-dealkylation sites (tertiary alicyclic amines) is 1. The second-order valence-electron chi connectivity index (χ2n) is 7.93. The lowest BCUT2D eigenvalue weighted by Crippen LogP contribution is -2.42. The Bertz CT molecular complexity index is 1080. The molecule has 4 heteroatoms. The highest BCUT2D eigenvalue weighted by Gasteiger charge is 2.28. The van der Waals surface area contributed by atoms with Gasteiger partial charge in [-0.25, -0.2) is 0 Å². The number of amides is 1. The maximum atomic E-state index is 13.3. The molecule has 0 spiro atoms. The summed E-state index contributed by atoms with van der Waals surface area (Å²) >= 11 is 0. The molecule has 4 nitrogen and oxygen atoms in total. The van der Waals surface area contributed by atoms with Crippen molar-refractivity contribution in [3.05, 3.63) is 69.9 Å². The Labute approximate surface area is 164 Å². The van der Waals surface area contributed by atoms with Gasteiger partial charge in [0.2, 0.25) is 0 Å². The van der Waals surface area contributed by atoms with Crippen molar-refractivity contribution in [3.8, 4) is 11.3 Å². The highest BCUT2D eigenvalue weighted by molar-refractivity contribution is 6.05. The summed E-state index contributed by atoms with van der Waals surface area (Å²) in [6, 6.07) is 14.8. The summed E-state index contributed by atoms with van der Waals surface area (Å²) in [5.74, 6) is 1.54. The molecular formula is C24H25NO3. The molecule has 28 heavy (non-hydrogen) atoms. The van der Waals surface area contributed by atoms with E-state index in [9.17, 15) is 9.59 Å². The Balaban J connectivity index is 1.85. The minimum atomic E-state index is -0.0876. The summed E-state index contributed by atoms with van der Waals surface area (Å²) in [7, 11) is 0. The summed E-state index contributed by atoms with van der Waals surface area (Å²) in [6.45, 7) is 7.67. The molecule has 144 valence electrons. The van der Waals surface area contributed by atoms with Crippen LogP contribution in [-0.4, -0.2) is 23.9 Å². The number of carbonyl (C=O) groups is 1. The van der Waals surface area contributed by atoms with Crippen LogP contribution in [0.2, 0.25) is 0 Å². The van der Waals surface area contributed by atoms with Crippen LogP contribution in [0.25, 0.3) is 22.3 Å². The third-order valence-corrected chi connectivity index (χ3v) is 6.03. The van der Waals surface area contributed by atoms with Crippen molar-refractivity contribution in [2.75, 3.05) is 13.1 Å². The lowest BCUT2D eigenvalue weighted by Gasteiger charge is -2.35. The Morgan fingerprint density at radius 3 is 2.50 bits per heavy atom. The normalized spacial score (nSPS) is 19.8. The highest BCUT2D eigenvalue weighted by atomic mass is 16.3. The number of carbonyl (C=O) groups excluding carboxylic acids is 1. The highest BCUT2D eigenvalue weighted by Crippen LogP contribution is 2.29. The summed E-state index contributed by atoms with van der Waals surface area (Å²) in [5, 5.41) is 0.460. The fourth-order valence-electron chi connectivity index (χ4n) is 3.96. The van der Waals surface area contributed by atoms with Crippen LogP contribution in [0.3, 0.4) is 0 Å². The fourth-order valence-corrected chi connectivity index (χ4v) is 3.96. The van der Waals surface area contributed by atoms with Crippen LogP contribution < -0.4 is 5.43 Å². The smallest absolute Gasteiger partial charge is 0.257 e. The van der Waals surface area contributed by atoms with E-state index in [-0.39, 0.29) is 11.3 Å². The van der Waals surface area contributed by atoms with Crippen molar-refractivity contribution >= 4 is 16.9 Å². The first kappa shape index (κ1) is 18.5. The van der Waals surface area contributed by atoms with Crippen molar-refractivity contribution in [1.82, 2.24) is 4.90 Å². The van der Waals surface area contributed by atoms with E-state index in [1.54, 1.807) is 25.1 Å². The number of hydrogen-bond donors (Lipinski definition) is 0. The zero-order valence-electron chi connectivity index (χ0n) is 16.6. The first-order chi connectivity index (χ1) is 13.5. The molecule has 0 radical (unpaired) electrons. The largest absolute Gasteiger partial charge is 0.455 e. The molecule has 1 aliphatic heterocycles. The molecular weight excluding hydrogens is 350 g/mol. The third-order valence-electron chi connectivity index (χ3n) is 6.03. The van der Waals surface area contributed by atoms with E-state index < -0.39 is 0 Å². The van der Waals surface area contributed by atoms with Crippen LogP contribution in [0.4, 0.5) is 0 Å². The number of fused-ring (bicyclic) bond motifs is 1. The maximum absolute atomic E-state index is 13.3. The van der Waals surface area contributed by atoms with Crippen molar-refractivity contribution in [2.24, 2.45) is 11.8 Å². The Hall–Kier alpha value is -2.88. The van der Waals surface area contributed by atoms with Crippen LogP contribution >= 0.6 is 0 Å². The molecule has 0 aliphatic carbocycles. The summed E-state index contributed by atoms with van der Waals surface area (Å²) < 4.78 is 6.20. The fraction of sp³-hybridized carbons (Fsp3) is 0.333. The molecule has 3 aromatic rings. The first-order valence-electron chi connectivity index (χ1n) is 9.88. The van der Waals surface area contributed by atoms with Gasteiger partial charge in [-0.3, -0.25) is 9.59 Å². The molecule has 0 saturated carbocycles. The van der Waals surface area contributed by atoms with Gasteiger partial charge in [-0.1, -0.05) is 50.2 Å². The van der Waals surface area contributed by atoms with Gasteiger partial charge in [-0.05, 0) is 37.3 Å². The molecule has 1 amide bonds. The van der Waals surface area contributed by atoms with Gasteiger partial charge in [0.15, 0.2) is 11.0 Å². The molecule has 2 atom stereocenters. The first-order valence-corrected chi connectivity index (χ1v) is 9.88. The molecule has 2 unspecified atom stereocenters. The molecule has 2 heterocycles. The molecule has 1 aliphatic rings. The average molecular weight is 375 g/mol. The van der Waals surface area contributed by atoms with Crippen molar-refractivity contribution in [2.45, 2.75) is 27.2 Å². The SMILES string of the molecule is Cc1c(-c2ccccc2)oc2c(C(=O)N3CCC(C)C(C)C3)cccc2c1=O.